The van der Waals surface area contributed by atoms with Crippen LogP contribution in [0.5, 0.6) is 0 Å². The summed E-state index contributed by atoms with van der Waals surface area (Å²) in [4.78, 5) is 32.5. The zero-order chi connectivity index (χ0) is 26.1. The number of primary amides is 1. The van der Waals surface area contributed by atoms with Crippen molar-refractivity contribution in [2.45, 2.75) is 31.2 Å². The number of nitrogens with zero attached hydrogens (tertiary/aromatic N) is 3. The Labute approximate surface area is 199 Å². The van der Waals surface area contributed by atoms with E-state index in [9.17, 15) is 27.2 Å². The Morgan fingerprint density at radius 2 is 1.85 bits per heavy atom. The number of amides is 1. The average Bonchev–Trinajstić information content (AvgIpc) is 2.70. The molecule has 184 valence electrons. The molecule has 3 rings (SSSR count). The first-order chi connectivity index (χ1) is 15.5. The van der Waals surface area contributed by atoms with Crippen molar-refractivity contribution < 1.29 is 37.0 Å². The van der Waals surface area contributed by atoms with E-state index in [-0.39, 0.29) is 22.1 Å². The molecule has 2 unspecified atom stereocenters. The van der Waals surface area contributed by atoms with E-state index in [1.54, 1.807) is 0 Å². The van der Waals surface area contributed by atoms with Crippen molar-refractivity contribution >= 4 is 40.9 Å². The summed E-state index contributed by atoms with van der Waals surface area (Å²) in [5.74, 6) is -3.80. The van der Waals surface area contributed by atoms with Crippen molar-refractivity contribution in [1.29, 1.82) is 0 Å². The molecule has 0 bridgehead atoms. The predicted molar refractivity (Wildman–Crippen MR) is 113 cm³/mol. The summed E-state index contributed by atoms with van der Waals surface area (Å²) in [6.07, 6.45) is -3.56. The second-order valence-corrected chi connectivity index (χ2v) is 8.11. The van der Waals surface area contributed by atoms with Gasteiger partial charge in [0.2, 0.25) is 5.60 Å². The smallest absolute Gasteiger partial charge is 0.424 e. The number of ether oxygens (including phenoxy) is 1. The number of carboxylic acid groups (broad SMARTS) is 1. The lowest BCUT2D eigenvalue weighted by Crippen LogP contribution is -2.60. The highest BCUT2D eigenvalue weighted by Gasteiger charge is 2.59. The minimum absolute atomic E-state index is 0.0463. The van der Waals surface area contributed by atoms with Gasteiger partial charge in [0.25, 0.3) is 5.91 Å². The number of nitrogens with two attached hydrogens (primary N) is 2. The molecule has 0 saturated heterocycles. The minimum Gasteiger partial charge on any atom is -0.476 e. The predicted octanol–water partition coefficient (Wildman–Crippen LogP) is 3.33. The molecule has 9 nitrogen and oxygen atoms in total. The van der Waals surface area contributed by atoms with Crippen molar-refractivity contribution in [2.24, 2.45) is 16.5 Å². The van der Waals surface area contributed by atoms with Crippen molar-refractivity contribution in [3.05, 3.63) is 57.3 Å². The number of carbonyl (C=O) groups is 2. The molecule has 0 radical (unpaired) electrons. The normalized spacial score (nSPS) is 22.3. The molecule has 15 heteroatoms. The Morgan fingerprint density at radius 1 is 1.24 bits per heavy atom. The molecular formula is C19H17Cl2F4N5O4. The number of aromatic carboxylic acids is 1. The number of amidine groups is 1. The van der Waals surface area contributed by atoms with Gasteiger partial charge in [0.05, 0.1) is 16.7 Å². The van der Waals surface area contributed by atoms with Gasteiger partial charge in [-0.05, 0) is 32.0 Å². The molecule has 2 aromatic heterocycles. The van der Waals surface area contributed by atoms with Gasteiger partial charge in [0, 0.05) is 6.20 Å². The zero-order valence-electron chi connectivity index (χ0n) is 17.5. The first kappa shape index (κ1) is 27.2. The number of carbonyl (C=O) groups excluding carboxylic acids is 1. The van der Waals surface area contributed by atoms with Gasteiger partial charge in [-0.15, -0.1) is 0 Å². The van der Waals surface area contributed by atoms with E-state index >= 15 is 0 Å². The summed E-state index contributed by atoms with van der Waals surface area (Å²) in [6, 6.07) is 3.32. The standard InChI is InChI=1S/C13H14F4N4O2.C6H3Cl2NO2/c1-11(8-6(14)3-4-7(20-8)9(18)22)5-23-12(2,10(19)21-11)13(15,16)17;7-3-1-4(8)5(6(10)11)9-2-3/h3-4H,5H2,1-2H3,(H2,18,22)(H2,19,21);1-2H,(H,10,11). The minimum atomic E-state index is -4.79. The maximum absolute atomic E-state index is 14.0. The van der Waals surface area contributed by atoms with Gasteiger partial charge in [-0.2, -0.15) is 13.2 Å². The van der Waals surface area contributed by atoms with Gasteiger partial charge in [-0.1, -0.05) is 23.2 Å². The van der Waals surface area contributed by atoms with E-state index in [0.29, 0.717) is 5.02 Å². The van der Waals surface area contributed by atoms with E-state index in [1.807, 2.05) is 0 Å². The maximum Gasteiger partial charge on any atom is 0.424 e. The number of aromatic nitrogens is 2. The fourth-order valence-corrected chi connectivity index (χ4v) is 3.10. The lowest BCUT2D eigenvalue weighted by molar-refractivity contribution is -0.249. The lowest BCUT2D eigenvalue weighted by Gasteiger charge is -2.40. The number of alkyl halides is 3. The second kappa shape index (κ2) is 9.68. The van der Waals surface area contributed by atoms with Crippen LogP contribution in [-0.4, -0.2) is 51.2 Å². The monoisotopic (exact) mass is 525 g/mol. The largest absolute Gasteiger partial charge is 0.476 e. The number of rotatable bonds is 3. The summed E-state index contributed by atoms with van der Waals surface area (Å²) in [5.41, 5.74) is 5.29. The molecule has 5 N–H and O–H groups in total. The van der Waals surface area contributed by atoms with Crippen LogP contribution in [0, 0.1) is 5.82 Å². The van der Waals surface area contributed by atoms with Crippen LogP contribution in [0.15, 0.2) is 29.4 Å². The third-order valence-corrected chi connectivity index (χ3v) is 5.15. The molecule has 1 aliphatic heterocycles. The Morgan fingerprint density at radius 3 is 2.32 bits per heavy atom. The third kappa shape index (κ3) is 5.54. The van der Waals surface area contributed by atoms with Crippen LogP contribution in [-0.2, 0) is 10.3 Å². The number of hydrogen-bond donors (Lipinski definition) is 3. The number of carboxylic acids is 1. The summed E-state index contributed by atoms with van der Waals surface area (Å²) >= 11 is 11.0. The highest BCUT2D eigenvalue weighted by Crippen LogP contribution is 2.40. The summed E-state index contributed by atoms with van der Waals surface area (Å²) in [5, 5.41) is 8.83. The highest BCUT2D eigenvalue weighted by atomic mass is 35.5. The molecule has 2 atom stereocenters. The van der Waals surface area contributed by atoms with Gasteiger partial charge in [-0.25, -0.2) is 19.2 Å². The van der Waals surface area contributed by atoms with E-state index in [2.05, 4.69) is 15.0 Å². The van der Waals surface area contributed by atoms with Crippen LogP contribution in [0.25, 0.3) is 0 Å². The first-order valence-corrected chi connectivity index (χ1v) is 9.85. The molecule has 0 saturated carbocycles. The van der Waals surface area contributed by atoms with Crippen LogP contribution in [0.1, 0.15) is 40.5 Å². The Hall–Kier alpha value is -3.03. The Kier molecular flexibility index (Phi) is 7.75. The number of pyridine rings is 2. The summed E-state index contributed by atoms with van der Waals surface area (Å²) < 4.78 is 58.0. The van der Waals surface area contributed by atoms with E-state index in [4.69, 9.17) is 44.5 Å². The van der Waals surface area contributed by atoms with Crippen LogP contribution in [0.4, 0.5) is 17.6 Å². The SMILES string of the molecule is CC1(c2nc(C(N)=O)ccc2F)COC(C)(C(F)(F)F)C(N)=N1.O=C(O)c1ncc(Cl)cc1Cl. The molecule has 3 heterocycles. The molecule has 0 fully saturated rings. The molecule has 0 aliphatic carbocycles. The topological polar surface area (TPSA) is 154 Å². The Bertz CT molecular complexity index is 1160. The van der Waals surface area contributed by atoms with Crippen molar-refractivity contribution in [2.75, 3.05) is 6.61 Å². The lowest BCUT2D eigenvalue weighted by atomic mass is 9.93. The van der Waals surface area contributed by atoms with Crippen molar-refractivity contribution in [1.82, 2.24) is 9.97 Å². The Balaban J connectivity index is 0.000000310. The summed E-state index contributed by atoms with van der Waals surface area (Å²) in [7, 11) is 0. The van der Waals surface area contributed by atoms with Gasteiger partial charge in [0.1, 0.15) is 28.6 Å². The van der Waals surface area contributed by atoms with Crippen molar-refractivity contribution in [3.63, 3.8) is 0 Å². The maximum atomic E-state index is 14.0. The quantitative estimate of drug-likeness (QED) is 0.519. The first-order valence-electron chi connectivity index (χ1n) is 9.09. The van der Waals surface area contributed by atoms with Gasteiger partial charge in [-0.3, -0.25) is 9.79 Å². The molecule has 2 aromatic rings. The summed E-state index contributed by atoms with van der Waals surface area (Å²) in [6.45, 7) is 1.40. The van der Waals surface area contributed by atoms with Crippen LogP contribution >= 0.6 is 23.2 Å². The number of hydrogen-bond acceptors (Lipinski definition) is 7. The van der Waals surface area contributed by atoms with Crippen LogP contribution in [0.2, 0.25) is 10.0 Å². The fourth-order valence-electron chi connectivity index (χ4n) is 2.64. The average molecular weight is 526 g/mol. The second-order valence-electron chi connectivity index (χ2n) is 7.27. The number of aliphatic imine (C=N–C) groups is 1. The fraction of sp³-hybridized carbons (Fsp3) is 0.316. The van der Waals surface area contributed by atoms with Gasteiger partial charge in [0.15, 0.2) is 5.69 Å². The van der Waals surface area contributed by atoms with Gasteiger partial charge < -0.3 is 21.3 Å². The van der Waals surface area contributed by atoms with E-state index in [1.165, 1.54) is 19.2 Å². The molecule has 0 aromatic carbocycles. The third-order valence-electron chi connectivity index (χ3n) is 4.66. The zero-order valence-corrected chi connectivity index (χ0v) is 19.0. The molecular weight excluding hydrogens is 509 g/mol. The van der Waals surface area contributed by atoms with Gasteiger partial charge >= 0.3 is 12.1 Å². The highest BCUT2D eigenvalue weighted by molar-refractivity contribution is 6.36. The number of halogens is 6. The van der Waals surface area contributed by atoms with Crippen LogP contribution < -0.4 is 11.5 Å². The van der Waals surface area contributed by atoms with Crippen LogP contribution in [0.3, 0.4) is 0 Å². The molecule has 1 amide bonds. The molecule has 34 heavy (non-hydrogen) atoms. The van der Waals surface area contributed by atoms with Crippen molar-refractivity contribution in [3.8, 4) is 0 Å². The molecule has 1 aliphatic rings. The van der Waals surface area contributed by atoms with E-state index < -0.39 is 47.5 Å². The molecule has 0 spiro atoms. The van der Waals surface area contributed by atoms with E-state index in [0.717, 1.165) is 19.1 Å².